The van der Waals surface area contributed by atoms with Gasteiger partial charge in [0.05, 0.1) is 20.6 Å². The average Bonchev–Trinajstić information content (AvgIpc) is 3.08. The molecule has 0 spiro atoms. The highest BCUT2D eigenvalue weighted by Gasteiger charge is 2.14. The molecule has 0 fully saturated rings. The van der Waals surface area contributed by atoms with Gasteiger partial charge in [-0.25, -0.2) is 4.79 Å². The molecule has 0 radical (unpaired) electrons. The molecule has 26 heavy (non-hydrogen) atoms. The summed E-state index contributed by atoms with van der Waals surface area (Å²) in [6, 6.07) is 13.0. The van der Waals surface area contributed by atoms with Crippen molar-refractivity contribution < 1.29 is 19.1 Å². The van der Waals surface area contributed by atoms with E-state index in [4.69, 9.17) is 9.47 Å². The van der Waals surface area contributed by atoms with Crippen LogP contribution in [0.3, 0.4) is 0 Å². The van der Waals surface area contributed by atoms with Gasteiger partial charge < -0.3 is 19.8 Å². The van der Waals surface area contributed by atoms with Crippen LogP contribution in [-0.4, -0.2) is 31.1 Å². The van der Waals surface area contributed by atoms with Crippen LogP contribution in [0.1, 0.15) is 21.5 Å². The summed E-state index contributed by atoms with van der Waals surface area (Å²) >= 11 is 0. The Morgan fingerprint density at radius 2 is 1.92 bits per heavy atom. The van der Waals surface area contributed by atoms with E-state index in [1.54, 1.807) is 18.2 Å². The number of carbonyl (C=O) groups is 2. The number of aromatic nitrogens is 1. The zero-order chi connectivity index (χ0) is 18.5. The topological polar surface area (TPSA) is 80.4 Å². The fourth-order valence-corrected chi connectivity index (χ4v) is 2.85. The number of benzene rings is 2. The minimum absolute atomic E-state index is 0.0924. The fraction of sp³-hybridized carbons (Fsp3) is 0.200. The van der Waals surface area contributed by atoms with Gasteiger partial charge in [-0.05, 0) is 29.3 Å². The second-order valence-electron chi connectivity index (χ2n) is 5.84. The molecule has 1 aromatic heterocycles. The summed E-state index contributed by atoms with van der Waals surface area (Å²) in [4.78, 5) is 27.3. The molecule has 1 heterocycles. The van der Waals surface area contributed by atoms with Crippen LogP contribution in [0, 0.1) is 0 Å². The van der Waals surface area contributed by atoms with Crippen LogP contribution in [0.2, 0.25) is 0 Å². The van der Waals surface area contributed by atoms with E-state index in [0.29, 0.717) is 17.9 Å². The quantitative estimate of drug-likeness (QED) is 0.669. The number of hydrogen-bond acceptors (Lipinski definition) is 4. The molecule has 0 aliphatic carbocycles. The van der Waals surface area contributed by atoms with Gasteiger partial charge in [-0.15, -0.1) is 0 Å². The van der Waals surface area contributed by atoms with Crippen molar-refractivity contribution in [1.29, 1.82) is 0 Å². The number of ether oxygens (including phenoxy) is 2. The van der Waals surface area contributed by atoms with E-state index in [1.807, 2.05) is 30.5 Å². The molecule has 0 aliphatic rings. The predicted molar refractivity (Wildman–Crippen MR) is 98.2 cm³/mol. The van der Waals surface area contributed by atoms with Gasteiger partial charge in [0, 0.05) is 23.6 Å². The molecule has 2 aromatic carbocycles. The van der Waals surface area contributed by atoms with Crippen LogP contribution in [0.25, 0.3) is 10.9 Å². The first-order chi connectivity index (χ1) is 12.6. The van der Waals surface area contributed by atoms with Crippen LogP contribution >= 0.6 is 0 Å². The molecule has 134 valence electrons. The van der Waals surface area contributed by atoms with E-state index in [0.717, 1.165) is 22.0 Å². The third kappa shape index (κ3) is 3.69. The fourth-order valence-electron chi connectivity index (χ4n) is 2.85. The van der Waals surface area contributed by atoms with Crippen LogP contribution in [0.4, 0.5) is 0 Å². The maximum Gasteiger partial charge on any atom is 0.341 e. The van der Waals surface area contributed by atoms with E-state index >= 15 is 0 Å². The highest BCUT2D eigenvalue weighted by Crippen LogP contribution is 2.21. The van der Waals surface area contributed by atoms with Crippen LogP contribution in [0.5, 0.6) is 5.75 Å². The summed E-state index contributed by atoms with van der Waals surface area (Å²) < 4.78 is 9.93. The number of amides is 1. The molecule has 3 rings (SSSR count). The lowest BCUT2D eigenvalue weighted by Crippen LogP contribution is -2.24. The van der Waals surface area contributed by atoms with Gasteiger partial charge in [0.1, 0.15) is 11.3 Å². The van der Waals surface area contributed by atoms with E-state index in [-0.39, 0.29) is 12.3 Å². The number of H-pyrrole nitrogens is 1. The standard InChI is InChI=1S/C20H20N2O4/c1-25-18-8-7-13(9-16(18)20(24)26-2)11-22-19(23)10-14-12-21-17-6-4-3-5-15(14)17/h3-9,12,21H,10-11H2,1-2H3,(H,22,23). The van der Waals surface area contributed by atoms with Crippen molar-refractivity contribution in [1.82, 2.24) is 10.3 Å². The number of fused-ring (bicyclic) bond motifs is 1. The van der Waals surface area contributed by atoms with Crippen molar-refractivity contribution in [3.63, 3.8) is 0 Å². The van der Waals surface area contributed by atoms with E-state index in [2.05, 4.69) is 10.3 Å². The Morgan fingerprint density at radius 3 is 2.69 bits per heavy atom. The Kier molecular flexibility index (Phi) is 5.22. The Labute approximate surface area is 151 Å². The second-order valence-corrected chi connectivity index (χ2v) is 5.84. The molecule has 0 atom stereocenters. The molecule has 3 aromatic rings. The Morgan fingerprint density at radius 1 is 1.12 bits per heavy atom. The predicted octanol–water partition coefficient (Wildman–Crippen LogP) is 2.82. The zero-order valence-corrected chi connectivity index (χ0v) is 14.7. The Balaban J connectivity index is 1.67. The average molecular weight is 352 g/mol. The van der Waals surface area contributed by atoms with Crippen molar-refractivity contribution >= 4 is 22.8 Å². The van der Waals surface area contributed by atoms with Crippen LogP contribution < -0.4 is 10.1 Å². The molecular weight excluding hydrogens is 332 g/mol. The Bertz CT molecular complexity index is 946. The zero-order valence-electron chi connectivity index (χ0n) is 14.7. The lowest BCUT2D eigenvalue weighted by Gasteiger charge is -2.10. The molecule has 6 heteroatoms. The SMILES string of the molecule is COC(=O)c1cc(CNC(=O)Cc2c[nH]c3ccccc23)ccc1OC. The van der Waals surface area contributed by atoms with Crippen molar-refractivity contribution in [3.8, 4) is 5.75 Å². The van der Waals surface area contributed by atoms with Gasteiger partial charge in [-0.1, -0.05) is 24.3 Å². The third-order valence-electron chi connectivity index (χ3n) is 4.18. The largest absolute Gasteiger partial charge is 0.496 e. The van der Waals surface area contributed by atoms with E-state index in [9.17, 15) is 9.59 Å². The summed E-state index contributed by atoms with van der Waals surface area (Å²) in [6.07, 6.45) is 2.14. The first kappa shape index (κ1) is 17.5. The van der Waals surface area contributed by atoms with Gasteiger partial charge in [0.15, 0.2) is 0 Å². The van der Waals surface area contributed by atoms with E-state index in [1.165, 1.54) is 14.2 Å². The molecule has 2 N–H and O–H groups in total. The maximum atomic E-state index is 12.3. The summed E-state index contributed by atoms with van der Waals surface area (Å²) in [7, 11) is 2.81. The number of rotatable bonds is 6. The molecule has 0 saturated carbocycles. The van der Waals surface area contributed by atoms with Crippen LogP contribution in [0.15, 0.2) is 48.7 Å². The summed E-state index contributed by atoms with van der Waals surface area (Å²) in [5.74, 6) is -0.135. The van der Waals surface area contributed by atoms with Gasteiger partial charge in [0.2, 0.25) is 5.91 Å². The monoisotopic (exact) mass is 352 g/mol. The van der Waals surface area contributed by atoms with Crippen molar-refractivity contribution in [2.24, 2.45) is 0 Å². The van der Waals surface area contributed by atoms with Gasteiger partial charge in [0.25, 0.3) is 0 Å². The molecule has 1 amide bonds. The summed E-state index contributed by atoms with van der Waals surface area (Å²) in [6.45, 7) is 0.315. The number of aromatic amines is 1. The lowest BCUT2D eigenvalue weighted by molar-refractivity contribution is -0.120. The maximum absolute atomic E-state index is 12.3. The first-order valence-corrected chi connectivity index (χ1v) is 8.19. The molecule has 6 nitrogen and oxygen atoms in total. The number of methoxy groups -OCH3 is 2. The number of esters is 1. The summed E-state index contributed by atoms with van der Waals surface area (Å²) in [5.41, 5.74) is 3.08. The number of hydrogen-bond donors (Lipinski definition) is 2. The van der Waals surface area contributed by atoms with Gasteiger partial charge in [-0.3, -0.25) is 4.79 Å². The lowest BCUT2D eigenvalue weighted by atomic mass is 10.1. The molecular formula is C20H20N2O4. The Hall–Kier alpha value is -3.28. The molecule has 0 saturated heterocycles. The number of carbonyl (C=O) groups excluding carboxylic acids is 2. The van der Waals surface area contributed by atoms with Crippen molar-refractivity contribution in [2.45, 2.75) is 13.0 Å². The normalized spacial score (nSPS) is 10.5. The third-order valence-corrected chi connectivity index (χ3v) is 4.18. The highest BCUT2D eigenvalue weighted by atomic mass is 16.5. The molecule has 0 bridgehead atoms. The van der Waals surface area contributed by atoms with Crippen molar-refractivity contribution in [2.75, 3.05) is 14.2 Å². The number of nitrogens with one attached hydrogen (secondary N) is 2. The summed E-state index contributed by atoms with van der Waals surface area (Å²) in [5, 5.41) is 3.92. The smallest absolute Gasteiger partial charge is 0.341 e. The van der Waals surface area contributed by atoms with Gasteiger partial charge >= 0.3 is 5.97 Å². The minimum Gasteiger partial charge on any atom is -0.496 e. The van der Waals surface area contributed by atoms with Gasteiger partial charge in [-0.2, -0.15) is 0 Å². The highest BCUT2D eigenvalue weighted by molar-refractivity contribution is 5.93. The van der Waals surface area contributed by atoms with E-state index < -0.39 is 5.97 Å². The minimum atomic E-state index is -0.478. The van der Waals surface area contributed by atoms with Crippen LogP contribution in [-0.2, 0) is 22.5 Å². The first-order valence-electron chi connectivity index (χ1n) is 8.19. The van der Waals surface area contributed by atoms with Crippen molar-refractivity contribution in [3.05, 3.63) is 65.4 Å². The molecule has 0 aliphatic heterocycles. The second kappa shape index (κ2) is 7.74. The molecule has 0 unspecified atom stereocenters. The number of para-hydroxylation sites is 1.